The molecular formula is C13H18N2O4. The fraction of sp³-hybridized carbons (Fsp3) is 0.462. The highest BCUT2D eigenvalue weighted by molar-refractivity contribution is 5.87. The largest absolute Gasteiger partial charge is 0.464 e. The quantitative estimate of drug-likeness (QED) is 0.845. The molecular weight excluding hydrogens is 248 g/mol. The van der Waals surface area contributed by atoms with Gasteiger partial charge in [0.25, 0.3) is 0 Å². The van der Waals surface area contributed by atoms with Crippen molar-refractivity contribution in [1.82, 2.24) is 10.3 Å². The summed E-state index contributed by atoms with van der Waals surface area (Å²) in [6.45, 7) is 5.52. The zero-order chi connectivity index (χ0) is 14.5. The lowest BCUT2D eigenvalue weighted by molar-refractivity contribution is 0.0522. The summed E-state index contributed by atoms with van der Waals surface area (Å²) in [4.78, 5) is 26.8. The van der Waals surface area contributed by atoms with Gasteiger partial charge in [-0.25, -0.2) is 14.6 Å². The first kappa shape index (κ1) is 14.9. The van der Waals surface area contributed by atoms with Crippen LogP contribution >= 0.6 is 0 Å². The number of nitrogens with one attached hydrogen (secondary N) is 1. The molecule has 1 amide bonds. The van der Waals surface area contributed by atoms with Crippen molar-refractivity contribution in [3.8, 4) is 0 Å². The lowest BCUT2D eigenvalue weighted by Gasteiger charge is -2.19. The van der Waals surface area contributed by atoms with Crippen molar-refractivity contribution in [1.29, 1.82) is 0 Å². The molecule has 6 nitrogen and oxygen atoms in total. The fourth-order valence-corrected chi connectivity index (χ4v) is 1.27. The Kier molecular flexibility index (Phi) is 4.86. The molecule has 0 aromatic carbocycles. The van der Waals surface area contributed by atoms with Gasteiger partial charge in [-0.3, -0.25) is 0 Å². The molecule has 0 saturated carbocycles. The Hall–Kier alpha value is -2.11. The molecule has 0 bridgehead atoms. The summed E-state index contributed by atoms with van der Waals surface area (Å²) >= 11 is 0. The molecule has 0 unspecified atom stereocenters. The zero-order valence-electron chi connectivity index (χ0n) is 11.5. The highest BCUT2D eigenvalue weighted by atomic mass is 16.6. The van der Waals surface area contributed by atoms with Gasteiger partial charge in [0.05, 0.1) is 19.3 Å². The van der Waals surface area contributed by atoms with Crippen molar-refractivity contribution in [2.24, 2.45) is 0 Å². The highest BCUT2D eigenvalue weighted by Gasteiger charge is 2.16. The number of hydrogen-bond donors (Lipinski definition) is 1. The van der Waals surface area contributed by atoms with Crippen molar-refractivity contribution in [2.75, 3.05) is 7.11 Å². The van der Waals surface area contributed by atoms with E-state index < -0.39 is 17.7 Å². The number of carbonyl (C=O) groups is 2. The van der Waals surface area contributed by atoms with Crippen molar-refractivity contribution in [3.63, 3.8) is 0 Å². The topological polar surface area (TPSA) is 77.5 Å². The van der Waals surface area contributed by atoms with Gasteiger partial charge in [-0.1, -0.05) is 6.07 Å². The molecule has 1 aromatic heterocycles. The SMILES string of the molecule is COC(=O)c1cccc(CNC(=O)OC(C)(C)C)n1. The van der Waals surface area contributed by atoms with Crippen LogP contribution in [0.3, 0.4) is 0 Å². The Morgan fingerprint density at radius 1 is 1.32 bits per heavy atom. The van der Waals surface area contributed by atoms with Gasteiger partial charge in [0, 0.05) is 0 Å². The molecule has 0 aliphatic heterocycles. The lowest BCUT2D eigenvalue weighted by atomic mass is 10.2. The molecule has 19 heavy (non-hydrogen) atoms. The zero-order valence-corrected chi connectivity index (χ0v) is 11.5. The van der Waals surface area contributed by atoms with E-state index in [4.69, 9.17) is 4.74 Å². The van der Waals surface area contributed by atoms with E-state index in [1.54, 1.807) is 39.0 Å². The molecule has 0 aliphatic rings. The first-order valence-electron chi connectivity index (χ1n) is 5.83. The number of alkyl carbamates (subject to hydrolysis) is 1. The number of pyridine rings is 1. The second-order valence-corrected chi connectivity index (χ2v) is 4.86. The molecule has 0 aliphatic carbocycles. The van der Waals surface area contributed by atoms with Crippen molar-refractivity contribution >= 4 is 12.1 Å². The molecule has 104 valence electrons. The lowest BCUT2D eigenvalue weighted by Crippen LogP contribution is -2.32. The predicted octanol–water partition coefficient (Wildman–Crippen LogP) is 1.89. The Morgan fingerprint density at radius 2 is 2.00 bits per heavy atom. The summed E-state index contributed by atoms with van der Waals surface area (Å²) in [6, 6.07) is 4.91. The maximum Gasteiger partial charge on any atom is 0.407 e. The van der Waals surface area contributed by atoms with Crippen molar-refractivity contribution in [2.45, 2.75) is 32.9 Å². The molecule has 1 aromatic rings. The number of amides is 1. The minimum Gasteiger partial charge on any atom is -0.464 e. The molecule has 0 atom stereocenters. The second-order valence-electron chi connectivity index (χ2n) is 4.86. The third kappa shape index (κ3) is 5.37. The van der Waals surface area contributed by atoms with Gasteiger partial charge in [-0.15, -0.1) is 0 Å². The van der Waals surface area contributed by atoms with Crippen LogP contribution in [0.5, 0.6) is 0 Å². The maximum absolute atomic E-state index is 11.5. The van der Waals surface area contributed by atoms with E-state index in [1.807, 2.05) is 0 Å². The normalized spacial score (nSPS) is 10.7. The monoisotopic (exact) mass is 266 g/mol. The van der Waals surface area contributed by atoms with Crippen LogP contribution in [0.25, 0.3) is 0 Å². The van der Waals surface area contributed by atoms with Crippen LogP contribution in [-0.2, 0) is 16.0 Å². The van der Waals surface area contributed by atoms with E-state index in [0.29, 0.717) is 5.69 Å². The van der Waals surface area contributed by atoms with Gasteiger partial charge < -0.3 is 14.8 Å². The molecule has 1 heterocycles. The van der Waals surface area contributed by atoms with E-state index in [0.717, 1.165) is 0 Å². The summed E-state index contributed by atoms with van der Waals surface area (Å²) in [7, 11) is 1.29. The van der Waals surface area contributed by atoms with Crippen LogP contribution < -0.4 is 5.32 Å². The Morgan fingerprint density at radius 3 is 2.58 bits per heavy atom. The number of rotatable bonds is 3. The molecule has 0 radical (unpaired) electrons. The van der Waals surface area contributed by atoms with Crippen LogP contribution in [0, 0.1) is 0 Å². The molecule has 0 spiro atoms. The molecule has 1 N–H and O–H groups in total. The summed E-state index contributed by atoms with van der Waals surface area (Å²) in [5.41, 5.74) is 0.200. The summed E-state index contributed by atoms with van der Waals surface area (Å²) in [5, 5.41) is 2.56. The molecule has 0 saturated heterocycles. The summed E-state index contributed by atoms with van der Waals surface area (Å²) in [5.74, 6) is -0.515. The minimum atomic E-state index is -0.550. The average molecular weight is 266 g/mol. The van der Waals surface area contributed by atoms with E-state index in [-0.39, 0.29) is 12.2 Å². The van der Waals surface area contributed by atoms with Gasteiger partial charge in [0.1, 0.15) is 11.3 Å². The number of esters is 1. The van der Waals surface area contributed by atoms with Gasteiger partial charge in [0.2, 0.25) is 0 Å². The van der Waals surface area contributed by atoms with Gasteiger partial charge in [-0.05, 0) is 32.9 Å². The van der Waals surface area contributed by atoms with Crippen LogP contribution in [0.15, 0.2) is 18.2 Å². The van der Waals surface area contributed by atoms with E-state index >= 15 is 0 Å². The van der Waals surface area contributed by atoms with Crippen LogP contribution in [0.1, 0.15) is 37.0 Å². The number of ether oxygens (including phenoxy) is 2. The van der Waals surface area contributed by atoms with Gasteiger partial charge in [-0.2, -0.15) is 0 Å². The first-order chi connectivity index (χ1) is 8.81. The second kappa shape index (κ2) is 6.17. The van der Waals surface area contributed by atoms with Crippen LogP contribution in [-0.4, -0.2) is 29.8 Å². The smallest absolute Gasteiger partial charge is 0.407 e. The van der Waals surface area contributed by atoms with Crippen LogP contribution in [0.2, 0.25) is 0 Å². The fourth-order valence-electron chi connectivity index (χ4n) is 1.27. The number of carbonyl (C=O) groups excluding carboxylic acids is 2. The first-order valence-corrected chi connectivity index (χ1v) is 5.83. The van der Waals surface area contributed by atoms with Crippen molar-refractivity contribution < 1.29 is 19.1 Å². The average Bonchev–Trinajstić information content (AvgIpc) is 2.34. The van der Waals surface area contributed by atoms with E-state index in [1.165, 1.54) is 7.11 Å². The third-order valence-corrected chi connectivity index (χ3v) is 2.01. The predicted molar refractivity (Wildman–Crippen MR) is 68.7 cm³/mol. The summed E-state index contributed by atoms with van der Waals surface area (Å²) < 4.78 is 9.66. The number of hydrogen-bond acceptors (Lipinski definition) is 5. The molecule has 0 fully saturated rings. The number of aromatic nitrogens is 1. The molecule has 6 heteroatoms. The number of nitrogens with zero attached hydrogens (tertiary/aromatic N) is 1. The molecule has 1 rings (SSSR count). The Labute approximate surface area is 112 Å². The third-order valence-electron chi connectivity index (χ3n) is 2.01. The standard InChI is InChI=1S/C13H18N2O4/c1-13(2,3)19-12(17)14-8-9-6-5-7-10(15-9)11(16)18-4/h5-7H,8H2,1-4H3,(H,14,17). The minimum absolute atomic E-state index is 0.180. The van der Waals surface area contributed by atoms with E-state index in [9.17, 15) is 9.59 Å². The van der Waals surface area contributed by atoms with E-state index in [2.05, 4.69) is 15.0 Å². The highest BCUT2D eigenvalue weighted by Crippen LogP contribution is 2.07. The maximum atomic E-state index is 11.5. The Balaban J connectivity index is 2.59. The van der Waals surface area contributed by atoms with Gasteiger partial charge in [0.15, 0.2) is 0 Å². The Bertz CT molecular complexity index is 466. The van der Waals surface area contributed by atoms with Gasteiger partial charge >= 0.3 is 12.1 Å². The van der Waals surface area contributed by atoms with Crippen molar-refractivity contribution in [3.05, 3.63) is 29.6 Å². The number of methoxy groups -OCH3 is 1. The van der Waals surface area contributed by atoms with Crippen LogP contribution in [0.4, 0.5) is 4.79 Å². The summed E-state index contributed by atoms with van der Waals surface area (Å²) in [6.07, 6.45) is -0.530.